The molecule has 0 saturated heterocycles. The average Bonchev–Trinajstić information content (AvgIpc) is 2.35. The molecule has 0 radical (unpaired) electrons. The van der Waals surface area contributed by atoms with Crippen molar-refractivity contribution in [2.24, 2.45) is 11.7 Å². The van der Waals surface area contributed by atoms with Crippen LogP contribution in [0.4, 0.5) is 5.69 Å². The van der Waals surface area contributed by atoms with E-state index < -0.39 is 0 Å². The van der Waals surface area contributed by atoms with Crippen molar-refractivity contribution in [3.05, 3.63) is 28.8 Å². The van der Waals surface area contributed by atoms with E-state index in [0.29, 0.717) is 6.04 Å². The standard InChI is InChI=1S/C16H26N2/c1-11-8-16(9-12(2)13(11)3)18-10-14-4-6-15(17)7-5-14/h8-9,14-15,18H,4-7,10,17H2,1-3H3/t14-,15-. The summed E-state index contributed by atoms with van der Waals surface area (Å²) in [4.78, 5) is 0. The van der Waals surface area contributed by atoms with Crippen molar-refractivity contribution < 1.29 is 0 Å². The summed E-state index contributed by atoms with van der Waals surface area (Å²) in [5.74, 6) is 0.798. The molecule has 2 rings (SSSR count). The maximum atomic E-state index is 5.94. The Morgan fingerprint density at radius 2 is 1.61 bits per heavy atom. The Morgan fingerprint density at radius 3 is 2.17 bits per heavy atom. The zero-order valence-electron chi connectivity index (χ0n) is 11.9. The zero-order chi connectivity index (χ0) is 13.1. The Bertz CT molecular complexity index is 381. The van der Waals surface area contributed by atoms with E-state index in [1.165, 1.54) is 48.1 Å². The molecule has 0 amide bonds. The molecular weight excluding hydrogens is 220 g/mol. The van der Waals surface area contributed by atoms with Crippen molar-refractivity contribution in [1.82, 2.24) is 0 Å². The first kappa shape index (κ1) is 13.4. The highest BCUT2D eigenvalue weighted by atomic mass is 14.9. The second kappa shape index (κ2) is 5.75. The number of nitrogens with two attached hydrogens (primary N) is 1. The van der Waals surface area contributed by atoms with Gasteiger partial charge in [-0.2, -0.15) is 0 Å². The Labute approximate surface area is 111 Å². The second-order valence-electron chi connectivity index (χ2n) is 5.90. The molecule has 1 aliphatic rings. The number of hydrogen-bond acceptors (Lipinski definition) is 2. The summed E-state index contributed by atoms with van der Waals surface area (Å²) in [7, 11) is 0. The van der Waals surface area contributed by atoms with Crippen LogP contribution in [-0.4, -0.2) is 12.6 Å². The fraction of sp³-hybridized carbons (Fsp3) is 0.625. The van der Waals surface area contributed by atoms with Crippen LogP contribution in [0, 0.1) is 26.7 Å². The highest BCUT2D eigenvalue weighted by Crippen LogP contribution is 2.24. The highest BCUT2D eigenvalue weighted by Gasteiger charge is 2.18. The van der Waals surface area contributed by atoms with Crippen molar-refractivity contribution in [2.45, 2.75) is 52.5 Å². The van der Waals surface area contributed by atoms with Gasteiger partial charge < -0.3 is 11.1 Å². The van der Waals surface area contributed by atoms with Crippen LogP contribution < -0.4 is 11.1 Å². The van der Waals surface area contributed by atoms with Gasteiger partial charge in [0.05, 0.1) is 0 Å². The van der Waals surface area contributed by atoms with Crippen LogP contribution in [0.25, 0.3) is 0 Å². The van der Waals surface area contributed by atoms with Crippen LogP contribution in [0.2, 0.25) is 0 Å². The first-order chi connectivity index (χ1) is 8.56. The van der Waals surface area contributed by atoms with Gasteiger partial charge in [0.15, 0.2) is 0 Å². The summed E-state index contributed by atoms with van der Waals surface area (Å²) in [6.07, 6.45) is 4.94. The molecule has 1 saturated carbocycles. The summed E-state index contributed by atoms with van der Waals surface area (Å²) in [6, 6.07) is 4.97. The third-order valence-electron chi connectivity index (χ3n) is 4.41. The fourth-order valence-electron chi connectivity index (χ4n) is 2.79. The van der Waals surface area contributed by atoms with Crippen molar-refractivity contribution in [3.8, 4) is 0 Å². The third kappa shape index (κ3) is 3.26. The molecular formula is C16H26N2. The van der Waals surface area contributed by atoms with E-state index in [9.17, 15) is 0 Å². The highest BCUT2D eigenvalue weighted by molar-refractivity contribution is 5.51. The summed E-state index contributed by atoms with van der Waals surface area (Å²) in [5.41, 5.74) is 11.4. The number of anilines is 1. The van der Waals surface area contributed by atoms with Crippen LogP contribution in [0.1, 0.15) is 42.4 Å². The van der Waals surface area contributed by atoms with Gasteiger partial charge in [-0.05, 0) is 81.2 Å². The van der Waals surface area contributed by atoms with E-state index in [4.69, 9.17) is 5.73 Å². The molecule has 0 atom stereocenters. The lowest BCUT2D eigenvalue weighted by Crippen LogP contribution is -2.29. The number of nitrogens with one attached hydrogen (secondary N) is 1. The van der Waals surface area contributed by atoms with E-state index in [1.807, 2.05) is 0 Å². The van der Waals surface area contributed by atoms with Gasteiger partial charge in [-0.25, -0.2) is 0 Å². The average molecular weight is 246 g/mol. The van der Waals surface area contributed by atoms with Crippen LogP contribution in [0.3, 0.4) is 0 Å². The summed E-state index contributed by atoms with van der Waals surface area (Å²) >= 11 is 0. The molecule has 0 spiro atoms. The molecule has 2 heteroatoms. The van der Waals surface area contributed by atoms with Crippen LogP contribution >= 0.6 is 0 Å². The predicted molar refractivity (Wildman–Crippen MR) is 79.1 cm³/mol. The topological polar surface area (TPSA) is 38.0 Å². The zero-order valence-corrected chi connectivity index (χ0v) is 11.9. The van der Waals surface area contributed by atoms with Crippen LogP contribution in [0.15, 0.2) is 12.1 Å². The van der Waals surface area contributed by atoms with E-state index >= 15 is 0 Å². The number of hydrogen-bond donors (Lipinski definition) is 2. The minimum Gasteiger partial charge on any atom is -0.385 e. The Balaban J connectivity index is 1.90. The smallest absolute Gasteiger partial charge is 0.0345 e. The molecule has 1 fully saturated rings. The minimum atomic E-state index is 0.449. The van der Waals surface area contributed by atoms with Crippen molar-refractivity contribution in [1.29, 1.82) is 0 Å². The number of benzene rings is 1. The number of rotatable bonds is 3. The molecule has 1 aliphatic carbocycles. The quantitative estimate of drug-likeness (QED) is 0.856. The van der Waals surface area contributed by atoms with Gasteiger partial charge in [-0.1, -0.05) is 0 Å². The van der Waals surface area contributed by atoms with E-state index in [2.05, 4.69) is 38.2 Å². The molecule has 0 aromatic heterocycles. The van der Waals surface area contributed by atoms with Crippen LogP contribution in [0.5, 0.6) is 0 Å². The lowest BCUT2D eigenvalue weighted by Gasteiger charge is -2.26. The Hall–Kier alpha value is -1.02. The lowest BCUT2D eigenvalue weighted by molar-refractivity contribution is 0.339. The first-order valence-corrected chi connectivity index (χ1v) is 7.13. The van der Waals surface area contributed by atoms with Gasteiger partial charge in [-0.15, -0.1) is 0 Å². The van der Waals surface area contributed by atoms with Gasteiger partial charge in [-0.3, -0.25) is 0 Å². The second-order valence-corrected chi connectivity index (χ2v) is 5.90. The molecule has 100 valence electrons. The summed E-state index contributed by atoms with van der Waals surface area (Å²) in [6.45, 7) is 7.66. The SMILES string of the molecule is Cc1cc(NC[C@H]2CC[C@H](N)CC2)cc(C)c1C. The van der Waals surface area contributed by atoms with Gasteiger partial charge in [0, 0.05) is 18.3 Å². The fourth-order valence-corrected chi connectivity index (χ4v) is 2.79. The van der Waals surface area contributed by atoms with E-state index in [1.54, 1.807) is 0 Å². The number of aryl methyl sites for hydroxylation is 2. The maximum absolute atomic E-state index is 5.94. The normalized spacial score (nSPS) is 24.0. The van der Waals surface area contributed by atoms with Gasteiger partial charge in [0.1, 0.15) is 0 Å². The summed E-state index contributed by atoms with van der Waals surface area (Å²) < 4.78 is 0. The van der Waals surface area contributed by atoms with Crippen molar-refractivity contribution in [2.75, 3.05) is 11.9 Å². The van der Waals surface area contributed by atoms with Gasteiger partial charge in [0.25, 0.3) is 0 Å². The predicted octanol–water partition coefficient (Wildman–Crippen LogP) is 3.54. The molecule has 2 nitrogen and oxygen atoms in total. The molecule has 0 heterocycles. The van der Waals surface area contributed by atoms with Crippen molar-refractivity contribution in [3.63, 3.8) is 0 Å². The molecule has 0 unspecified atom stereocenters. The van der Waals surface area contributed by atoms with Gasteiger partial charge in [0.2, 0.25) is 0 Å². The molecule has 1 aromatic rings. The summed E-state index contributed by atoms with van der Waals surface area (Å²) in [5, 5.41) is 3.60. The third-order valence-corrected chi connectivity index (χ3v) is 4.41. The van der Waals surface area contributed by atoms with Gasteiger partial charge >= 0.3 is 0 Å². The first-order valence-electron chi connectivity index (χ1n) is 7.13. The monoisotopic (exact) mass is 246 g/mol. The molecule has 0 aliphatic heterocycles. The maximum Gasteiger partial charge on any atom is 0.0345 e. The molecule has 18 heavy (non-hydrogen) atoms. The largest absolute Gasteiger partial charge is 0.385 e. The lowest BCUT2D eigenvalue weighted by atomic mass is 9.86. The molecule has 1 aromatic carbocycles. The Kier molecular flexibility index (Phi) is 4.28. The molecule has 3 N–H and O–H groups in total. The minimum absolute atomic E-state index is 0.449. The van der Waals surface area contributed by atoms with Crippen molar-refractivity contribution >= 4 is 5.69 Å². The van der Waals surface area contributed by atoms with E-state index in [0.717, 1.165) is 12.5 Å². The van der Waals surface area contributed by atoms with Crippen LogP contribution in [-0.2, 0) is 0 Å². The van der Waals surface area contributed by atoms with E-state index in [-0.39, 0.29) is 0 Å². The Morgan fingerprint density at radius 1 is 1.06 bits per heavy atom. The molecule has 0 bridgehead atoms.